The number of carbonyl (C=O) groups excluding carboxylic acids is 1. The highest BCUT2D eigenvalue weighted by molar-refractivity contribution is 9.10. The summed E-state index contributed by atoms with van der Waals surface area (Å²) in [6, 6.07) is 8.43. The molecular weight excluding hydrogens is 272 g/mol. The molecule has 1 amide bonds. The summed E-state index contributed by atoms with van der Waals surface area (Å²) < 4.78 is 5.71. The SMILES string of the molecule is Nc1ccc(NC(=O)c2ccco2)cc1Br. The van der Waals surface area contributed by atoms with Crippen molar-refractivity contribution in [2.45, 2.75) is 0 Å². The Kier molecular flexibility index (Phi) is 2.96. The molecular formula is C11H9BrN2O2. The topological polar surface area (TPSA) is 68.3 Å². The maximum atomic E-state index is 11.6. The van der Waals surface area contributed by atoms with Gasteiger partial charge >= 0.3 is 0 Å². The molecule has 0 atom stereocenters. The van der Waals surface area contributed by atoms with E-state index < -0.39 is 0 Å². The quantitative estimate of drug-likeness (QED) is 0.832. The van der Waals surface area contributed by atoms with Crippen LogP contribution in [0.4, 0.5) is 11.4 Å². The maximum absolute atomic E-state index is 11.6. The first-order valence-corrected chi connectivity index (χ1v) is 5.36. The lowest BCUT2D eigenvalue weighted by Crippen LogP contribution is -2.10. The van der Waals surface area contributed by atoms with Crippen molar-refractivity contribution in [3.63, 3.8) is 0 Å². The number of nitrogens with two attached hydrogens (primary N) is 1. The van der Waals surface area contributed by atoms with Gasteiger partial charge in [0, 0.05) is 15.8 Å². The third-order valence-corrected chi connectivity index (χ3v) is 2.69. The minimum atomic E-state index is -0.290. The van der Waals surface area contributed by atoms with Crippen molar-refractivity contribution in [2.24, 2.45) is 0 Å². The van der Waals surface area contributed by atoms with E-state index in [9.17, 15) is 4.79 Å². The van der Waals surface area contributed by atoms with E-state index >= 15 is 0 Å². The standard InChI is InChI=1S/C11H9BrN2O2/c12-8-6-7(3-4-9(8)13)14-11(15)10-2-1-5-16-10/h1-6H,13H2,(H,14,15). The summed E-state index contributed by atoms with van der Waals surface area (Å²) >= 11 is 3.28. The molecule has 3 N–H and O–H groups in total. The number of hydrogen-bond donors (Lipinski definition) is 2. The van der Waals surface area contributed by atoms with Crippen molar-refractivity contribution in [3.8, 4) is 0 Å². The predicted octanol–water partition coefficient (Wildman–Crippen LogP) is 2.88. The van der Waals surface area contributed by atoms with Crippen LogP contribution in [0, 0.1) is 0 Å². The second-order valence-electron chi connectivity index (χ2n) is 3.17. The fraction of sp³-hybridized carbons (Fsp3) is 0. The molecule has 2 rings (SSSR count). The first-order valence-electron chi connectivity index (χ1n) is 4.56. The molecule has 2 aromatic rings. The van der Waals surface area contributed by atoms with E-state index in [4.69, 9.17) is 10.2 Å². The summed E-state index contributed by atoms with van der Waals surface area (Å²) in [5, 5.41) is 2.69. The van der Waals surface area contributed by atoms with E-state index in [2.05, 4.69) is 21.2 Å². The Morgan fingerprint density at radius 1 is 1.38 bits per heavy atom. The second-order valence-corrected chi connectivity index (χ2v) is 4.02. The van der Waals surface area contributed by atoms with Gasteiger partial charge in [0.2, 0.25) is 0 Å². The summed E-state index contributed by atoms with van der Waals surface area (Å²) in [6.07, 6.45) is 1.45. The molecule has 0 aliphatic carbocycles. The van der Waals surface area contributed by atoms with Crippen LogP contribution in [-0.2, 0) is 0 Å². The average molecular weight is 281 g/mol. The van der Waals surface area contributed by atoms with E-state index in [0.29, 0.717) is 11.4 Å². The number of hydrogen-bond acceptors (Lipinski definition) is 3. The third kappa shape index (κ3) is 2.25. The Bertz CT molecular complexity index is 509. The molecule has 0 saturated carbocycles. The molecule has 16 heavy (non-hydrogen) atoms. The van der Waals surface area contributed by atoms with E-state index in [0.717, 1.165) is 4.47 Å². The van der Waals surface area contributed by atoms with Crippen molar-refractivity contribution < 1.29 is 9.21 Å². The third-order valence-electron chi connectivity index (χ3n) is 2.00. The molecule has 0 unspecified atom stereocenters. The number of rotatable bonds is 2. The highest BCUT2D eigenvalue weighted by Gasteiger charge is 2.08. The van der Waals surface area contributed by atoms with Gasteiger partial charge in [-0.1, -0.05) is 0 Å². The van der Waals surface area contributed by atoms with Gasteiger partial charge in [-0.2, -0.15) is 0 Å². The van der Waals surface area contributed by atoms with Crippen molar-refractivity contribution in [2.75, 3.05) is 11.1 Å². The molecule has 0 fully saturated rings. The van der Waals surface area contributed by atoms with Crippen molar-refractivity contribution in [1.29, 1.82) is 0 Å². The Labute approximate surface area is 101 Å². The molecule has 4 nitrogen and oxygen atoms in total. The van der Waals surface area contributed by atoms with Gasteiger partial charge in [-0.15, -0.1) is 0 Å². The summed E-state index contributed by atoms with van der Waals surface area (Å²) in [7, 11) is 0. The number of carbonyl (C=O) groups is 1. The van der Waals surface area contributed by atoms with Gasteiger partial charge in [-0.05, 0) is 46.3 Å². The van der Waals surface area contributed by atoms with E-state index in [1.165, 1.54) is 6.26 Å². The Morgan fingerprint density at radius 3 is 2.81 bits per heavy atom. The monoisotopic (exact) mass is 280 g/mol. The van der Waals surface area contributed by atoms with E-state index in [1.54, 1.807) is 30.3 Å². The second kappa shape index (κ2) is 4.40. The van der Waals surface area contributed by atoms with Crippen LogP contribution in [0.1, 0.15) is 10.6 Å². The largest absolute Gasteiger partial charge is 0.459 e. The molecule has 0 bridgehead atoms. The number of amides is 1. The minimum absolute atomic E-state index is 0.271. The molecule has 0 aliphatic heterocycles. The van der Waals surface area contributed by atoms with Gasteiger partial charge in [0.05, 0.1) is 6.26 Å². The summed E-state index contributed by atoms with van der Waals surface area (Å²) in [6.45, 7) is 0. The number of benzene rings is 1. The number of nitrogen functional groups attached to an aromatic ring is 1. The van der Waals surface area contributed by atoms with Crippen LogP contribution in [0.25, 0.3) is 0 Å². The molecule has 5 heteroatoms. The maximum Gasteiger partial charge on any atom is 0.291 e. The Morgan fingerprint density at radius 2 is 2.19 bits per heavy atom. The minimum Gasteiger partial charge on any atom is -0.459 e. The smallest absolute Gasteiger partial charge is 0.291 e. The fourth-order valence-electron chi connectivity index (χ4n) is 1.21. The van der Waals surface area contributed by atoms with Crippen molar-refractivity contribution in [1.82, 2.24) is 0 Å². The normalized spacial score (nSPS) is 10.1. The summed E-state index contributed by atoms with van der Waals surface area (Å²) in [4.78, 5) is 11.6. The zero-order chi connectivity index (χ0) is 11.5. The van der Waals surface area contributed by atoms with Crippen LogP contribution in [-0.4, -0.2) is 5.91 Å². The highest BCUT2D eigenvalue weighted by Crippen LogP contribution is 2.23. The number of furan rings is 1. The lowest BCUT2D eigenvalue weighted by Gasteiger charge is -2.05. The van der Waals surface area contributed by atoms with Crippen molar-refractivity contribution in [3.05, 3.63) is 46.8 Å². The summed E-state index contributed by atoms with van der Waals surface area (Å²) in [5.74, 6) is -0.0189. The number of anilines is 2. The number of halogens is 1. The lowest BCUT2D eigenvalue weighted by atomic mass is 10.3. The molecule has 0 spiro atoms. The first kappa shape index (κ1) is 10.8. The molecule has 0 aliphatic rings. The van der Waals surface area contributed by atoms with Crippen LogP contribution < -0.4 is 11.1 Å². The molecule has 1 aromatic carbocycles. The Hall–Kier alpha value is -1.75. The van der Waals surface area contributed by atoms with E-state index in [-0.39, 0.29) is 11.7 Å². The van der Waals surface area contributed by atoms with Crippen LogP contribution in [0.3, 0.4) is 0 Å². The molecule has 0 radical (unpaired) electrons. The van der Waals surface area contributed by atoms with Gasteiger partial charge in [0.1, 0.15) is 0 Å². The predicted molar refractivity (Wildman–Crippen MR) is 65.2 cm³/mol. The van der Waals surface area contributed by atoms with Gasteiger partial charge in [0.25, 0.3) is 5.91 Å². The van der Waals surface area contributed by atoms with E-state index in [1.807, 2.05) is 0 Å². The Balaban J connectivity index is 2.15. The molecule has 0 saturated heterocycles. The zero-order valence-electron chi connectivity index (χ0n) is 8.24. The van der Waals surface area contributed by atoms with Crippen LogP contribution in [0.15, 0.2) is 45.5 Å². The highest BCUT2D eigenvalue weighted by atomic mass is 79.9. The zero-order valence-corrected chi connectivity index (χ0v) is 9.82. The molecule has 1 heterocycles. The first-order chi connectivity index (χ1) is 7.66. The van der Waals surface area contributed by atoms with Crippen LogP contribution in [0.5, 0.6) is 0 Å². The van der Waals surface area contributed by atoms with Gasteiger partial charge in [-0.25, -0.2) is 0 Å². The van der Waals surface area contributed by atoms with Gasteiger partial charge in [-0.3, -0.25) is 4.79 Å². The summed E-state index contributed by atoms with van der Waals surface area (Å²) in [5.41, 5.74) is 6.91. The fourth-order valence-corrected chi connectivity index (χ4v) is 1.58. The lowest BCUT2D eigenvalue weighted by molar-refractivity contribution is 0.0996. The van der Waals surface area contributed by atoms with Crippen LogP contribution >= 0.6 is 15.9 Å². The molecule has 1 aromatic heterocycles. The van der Waals surface area contributed by atoms with Gasteiger partial charge < -0.3 is 15.5 Å². The van der Waals surface area contributed by atoms with Crippen molar-refractivity contribution >= 4 is 33.2 Å². The average Bonchev–Trinajstić information content (AvgIpc) is 2.77. The van der Waals surface area contributed by atoms with Crippen LogP contribution in [0.2, 0.25) is 0 Å². The van der Waals surface area contributed by atoms with Gasteiger partial charge in [0.15, 0.2) is 5.76 Å². The number of nitrogens with one attached hydrogen (secondary N) is 1. The molecule has 82 valence electrons.